The normalized spacial score (nSPS) is 21.9. The largest absolute Gasteiger partial charge is 0.289 e. The van der Waals surface area contributed by atoms with Gasteiger partial charge in [-0.1, -0.05) is 48.5 Å². The molecule has 0 N–H and O–H groups in total. The highest BCUT2D eigenvalue weighted by Crippen LogP contribution is 2.40. The number of hydrogen-bond donors (Lipinski definition) is 0. The van der Waals surface area contributed by atoms with Crippen LogP contribution in [0, 0.1) is 0 Å². The minimum Gasteiger partial charge on any atom is -0.289 e. The molecule has 2 aromatic carbocycles. The molecule has 104 valence electrons. The molecule has 0 fully saturated rings. The van der Waals surface area contributed by atoms with Gasteiger partial charge in [0, 0.05) is 5.56 Å². The van der Waals surface area contributed by atoms with E-state index in [0.717, 1.165) is 0 Å². The van der Waals surface area contributed by atoms with E-state index < -0.39 is 11.0 Å². The van der Waals surface area contributed by atoms with Gasteiger partial charge in [0.2, 0.25) is 0 Å². The predicted octanol–water partition coefficient (Wildman–Crippen LogP) is 4.68. The second-order valence-electron chi connectivity index (χ2n) is 5.94. The summed E-state index contributed by atoms with van der Waals surface area (Å²) in [6.45, 7) is 6.34. The maximum Gasteiger partial charge on any atom is 0.125 e. The van der Waals surface area contributed by atoms with E-state index in [-0.39, 0.29) is 11.6 Å². The molecule has 0 spiro atoms. The van der Waals surface area contributed by atoms with Gasteiger partial charge in [0.15, 0.2) is 0 Å². The summed E-state index contributed by atoms with van der Waals surface area (Å²) in [5, 5.41) is 0. The molecule has 1 aliphatic rings. The summed E-state index contributed by atoms with van der Waals surface area (Å²) in [5.41, 5.74) is 2.34. The van der Waals surface area contributed by atoms with Gasteiger partial charge in [0.1, 0.15) is 6.10 Å². The van der Waals surface area contributed by atoms with Crippen LogP contribution in [0.2, 0.25) is 0 Å². The molecule has 2 aromatic rings. The van der Waals surface area contributed by atoms with Crippen LogP contribution in [-0.2, 0) is 15.2 Å². The Morgan fingerprint density at radius 3 is 2.30 bits per heavy atom. The second-order valence-corrected chi connectivity index (χ2v) is 7.25. The molecule has 0 radical (unpaired) electrons. The quantitative estimate of drug-likeness (QED) is 0.745. The summed E-state index contributed by atoms with van der Waals surface area (Å²) in [6.07, 6.45) is 0.00170. The molecule has 0 saturated carbocycles. The van der Waals surface area contributed by atoms with E-state index in [9.17, 15) is 0 Å². The number of fused-ring (bicyclic) bond motifs is 1. The number of hydrogen-bond acceptors (Lipinski definition) is 2. The molecule has 3 heteroatoms. The lowest BCUT2D eigenvalue weighted by Crippen LogP contribution is -2.11. The van der Waals surface area contributed by atoms with Crippen molar-refractivity contribution in [1.29, 1.82) is 0 Å². The lowest BCUT2D eigenvalue weighted by Gasteiger charge is -2.14. The summed E-state index contributed by atoms with van der Waals surface area (Å²) in [5.74, 6) is 0. The van der Waals surface area contributed by atoms with Crippen molar-refractivity contribution >= 4 is 11.0 Å². The topological polar surface area (TPSA) is 21.6 Å². The van der Waals surface area contributed by atoms with Crippen molar-refractivity contribution in [2.45, 2.75) is 37.3 Å². The Morgan fingerprint density at radius 2 is 1.60 bits per heavy atom. The van der Waals surface area contributed by atoms with Crippen LogP contribution < -0.4 is 0 Å². The van der Waals surface area contributed by atoms with Gasteiger partial charge >= 0.3 is 0 Å². The van der Waals surface area contributed by atoms with Gasteiger partial charge in [-0.3, -0.25) is 4.18 Å². The summed E-state index contributed by atoms with van der Waals surface area (Å²) in [6, 6.07) is 18.8. The molecule has 1 aliphatic heterocycles. The van der Waals surface area contributed by atoms with Crippen LogP contribution >= 0.6 is 0 Å². The highest BCUT2D eigenvalue weighted by atomic mass is 32.2. The zero-order chi connectivity index (χ0) is 14.2. The van der Waals surface area contributed by atoms with Crippen molar-refractivity contribution in [3.63, 3.8) is 0 Å². The highest BCUT2D eigenvalue weighted by molar-refractivity contribution is 7.83. The van der Waals surface area contributed by atoms with Crippen LogP contribution in [0.15, 0.2) is 63.9 Å². The third-order valence-corrected chi connectivity index (χ3v) is 4.87. The van der Waals surface area contributed by atoms with Crippen molar-refractivity contribution in [2.24, 2.45) is 4.36 Å². The molecule has 0 bridgehead atoms. The fourth-order valence-electron chi connectivity index (χ4n) is 2.23. The summed E-state index contributed by atoms with van der Waals surface area (Å²) in [4.78, 5) is 1.22. The van der Waals surface area contributed by atoms with E-state index in [4.69, 9.17) is 8.55 Å². The third-order valence-electron chi connectivity index (χ3n) is 3.04. The number of nitrogens with zero attached hydrogens (tertiary/aromatic N) is 1. The third kappa shape index (κ3) is 2.69. The molecule has 0 aliphatic carbocycles. The Bertz CT molecular complexity index is 644. The Hall–Kier alpha value is -1.45. The Labute approximate surface area is 123 Å². The average Bonchev–Trinajstić information content (AvgIpc) is 2.77. The molecule has 2 nitrogen and oxygen atoms in total. The summed E-state index contributed by atoms with van der Waals surface area (Å²) >= 11 is 0. The molecule has 1 heterocycles. The van der Waals surface area contributed by atoms with Gasteiger partial charge in [-0.15, -0.1) is 0 Å². The molecule has 0 aromatic heterocycles. The van der Waals surface area contributed by atoms with Crippen LogP contribution in [-0.4, -0.2) is 5.54 Å². The first-order chi connectivity index (χ1) is 9.54. The monoisotopic (exact) mass is 285 g/mol. The van der Waals surface area contributed by atoms with Crippen LogP contribution in [0.3, 0.4) is 0 Å². The van der Waals surface area contributed by atoms with Crippen molar-refractivity contribution in [3.05, 3.63) is 65.7 Å². The first-order valence-corrected chi connectivity index (χ1v) is 7.93. The Balaban J connectivity index is 2.08. The number of benzene rings is 2. The minimum atomic E-state index is -0.477. The van der Waals surface area contributed by atoms with Crippen molar-refractivity contribution < 1.29 is 4.18 Å². The van der Waals surface area contributed by atoms with Gasteiger partial charge in [-0.05, 0) is 32.4 Å². The van der Waals surface area contributed by atoms with Crippen molar-refractivity contribution in [1.82, 2.24) is 0 Å². The van der Waals surface area contributed by atoms with E-state index >= 15 is 0 Å². The van der Waals surface area contributed by atoms with Crippen LogP contribution in [0.25, 0.3) is 0 Å². The molecule has 0 unspecified atom stereocenters. The first kappa shape index (κ1) is 13.5. The van der Waals surface area contributed by atoms with Crippen molar-refractivity contribution in [2.75, 3.05) is 0 Å². The molecular weight excluding hydrogens is 266 g/mol. The van der Waals surface area contributed by atoms with Gasteiger partial charge in [0.25, 0.3) is 0 Å². The summed E-state index contributed by atoms with van der Waals surface area (Å²) in [7, 11) is -0.477. The SMILES string of the molecule is CC(C)(C)N=[S@@]1O[C@H](c2ccccc2)c2ccccc21. The zero-order valence-electron chi connectivity index (χ0n) is 12.0. The maximum atomic E-state index is 6.26. The van der Waals surface area contributed by atoms with E-state index in [1.807, 2.05) is 6.07 Å². The first-order valence-electron chi connectivity index (χ1n) is 6.83. The molecule has 20 heavy (non-hydrogen) atoms. The maximum absolute atomic E-state index is 6.26. The average molecular weight is 285 g/mol. The summed E-state index contributed by atoms with van der Waals surface area (Å²) < 4.78 is 11.1. The van der Waals surface area contributed by atoms with E-state index in [0.29, 0.717) is 0 Å². The van der Waals surface area contributed by atoms with E-state index in [1.165, 1.54) is 16.0 Å². The second kappa shape index (κ2) is 5.15. The Morgan fingerprint density at radius 1 is 0.950 bits per heavy atom. The van der Waals surface area contributed by atoms with Gasteiger partial charge in [0.05, 0.1) is 21.4 Å². The standard InChI is InChI=1S/C17H19NOS/c1-17(2,3)18-20-15-12-8-7-11-14(15)16(19-20)13-9-5-4-6-10-13/h4-12,16H,1-3H3/t16-,20-/m1/s1. The smallest absolute Gasteiger partial charge is 0.125 e. The fourth-order valence-corrected chi connectivity index (χ4v) is 3.94. The van der Waals surface area contributed by atoms with E-state index in [1.54, 1.807) is 0 Å². The van der Waals surface area contributed by atoms with E-state index in [2.05, 4.69) is 69.3 Å². The molecule has 0 amide bonds. The van der Waals surface area contributed by atoms with Crippen LogP contribution in [0.5, 0.6) is 0 Å². The molecule has 2 atom stereocenters. The van der Waals surface area contributed by atoms with Crippen LogP contribution in [0.1, 0.15) is 38.0 Å². The lowest BCUT2D eigenvalue weighted by atomic mass is 10.0. The van der Waals surface area contributed by atoms with Crippen LogP contribution in [0.4, 0.5) is 0 Å². The molecule has 0 saturated heterocycles. The Kier molecular flexibility index (Phi) is 3.48. The molecular formula is C17H19NOS. The lowest BCUT2D eigenvalue weighted by molar-refractivity contribution is 0.301. The van der Waals surface area contributed by atoms with Gasteiger partial charge < -0.3 is 0 Å². The molecule has 3 rings (SSSR count). The zero-order valence-corrected chi connectivity index (χ0v) is 12.9. The minimum absolute atomic E-state index is 0.00170. The fraction of sp³-hybridized carbons (Fsp3) is 0.294. The van der Waals surface area contributed by atoms with Gasteiger partial charge in [-0.2, -0.15) is 0 Å². The van der Waals surface area contributed by atoms with Gasteiger partial charge in [-0.25, -0.2) is 4.36 Å². The number of rotatable bonds is 1. The predicted molar refractivity (Wildman–Crippen MR) is 83.6 cm³/mol. The van der Waals surface area contributed by atoms with Crippen molar-refractivity contribution in [3.8, 4) is 0 Å². The highest BCUT2D eigenvalue weighted by Gasteiger charge is 2.30.